The summed E-state index contributed by atoms with van der Waals surface area (Å²) in [5.41, 5.74) is 1.32. The quantitative estimate of drug-likeness (QED) is 0.705. The molecule has 0 N–H and O–H groups in total. The van der Waals surface area contributed by atoms with Crippen molar-refractivity contribution >= 4 is 27.7 Å². The fourth-order valence-electron chi connectivity index (χ4n) is 1.80. The lowest BCUT2D eigenvalue weighted by molar-refractivity contribution is 0.822. The van der Waals surface area contributed by atoms with Gasteiger partial charge in [-0.15, -0.1) is 11.8 Å². The molecule has 1 aliphatic rings. The third-order valence-electron chi connectivity index (χ3n) is 2.61. The van der Waals surface area contributed by atoms with Crippen molar-refractivity contribution in [2.24, 2.45) is 0 Å². The average molecular weight is 295 g/mol. The summed E-state index contributed by atoms with van der Waals surface area (Å²) in [5, 5.41) is 0.443. The first-order valence-electron chi connectivity index (χ1n) is 5.36. The molecule has 0 amide bonds. The summed E-state index contributed by atoms with van der Waals surface area (Å²) in [6.07, 6.45) is 6.76. The van der Waals surface area contributed by atoms with Gasteiger partial charge in [0.05, 0.1) is 4.32 Å². The normalized spacial score (nSPS) is 28.9. The van der Waals surface area contributed by atoms with Crippen molar-refractivity contribution < 1.29 is 0 Å². The van der Waals surface area contributed by atoms with Gasteiger partial charge in [0.2, 0.25) is 0 Å². The van der Waals surface area contributed by atoms with Crippen molar-refractivity contribution in [3.05, 3.63) is 54.1 Å². The summed E-state index contributed by atoms with van der Waals surface area (Å²) in [7, 11) is 0. The minimum atomic E-state index is 0.0480. The molecule has 84 valence electrons. The maximum Gasteiger partial charge on any atom is 0.0571 e. The van der Waals surface area contributed by atoms with Crippen LogP contribution in [0.3, 0.4) is 0 Å². The van der Waals surface area contributed by atoms with E-state index in [-0.39, 0.29) is 4.32 Å². The van der Waals surface area contributed by atoms with Crippen LogP contribution in [0.1, 0.15) is 13.8 Å². The highest BCUT2D eigenvalue weighted by molar-refractivity contribution is 9.10. The summed E-state index contributed by atoms with van der Waals surface area (Å²) in [4.78, 5) is 1.32. The molecule has 2 rings (SSSR count). The number of alkyl halides is 1. The molecule has 1 aliphatic carbocycles. The van der Waals surface area contributed by atoms with E-state index >= 15 is 0 Å². The Kier molecular flexibility index (Phi) is 3.60. The van der Waals surface area contributed by atoms with Crippen molar-refractivity contribution in [2.75, 3.05) is 0 Å². The molecule has 2 unspecified atom stereocenters. The zero-order valence-corrected chi connectivity index (χ0v) is 11.9. The SMILES string of the molecule is CC1=CC(C)(Br)C(Sc2ccccc2)C=C1. The van der Waals surface area contributed by atoms with Gasteiger partial charge in [-0.25, -0.2) is 0 Å². The summed E-state index contributed by atoms with van der Waals surface area (Å²) in [6, 6.07) is 10.5. The maximum absolute atomic E-state index is 3.81. The summed E-state index contributed by atoms with van der Waals surface area (Å²) >= 11 is 5.70. The highest BCUT2D eigenvalue weighted by atomic mass is 79.9. The van der Waals surface area contributed by atoms with Crippen molar-refractivity contribution in [1.29, 1.82) is 0 Å². The number of allylic oxidation sites excluding steroid dienone is 3. The lowest BCUT2D eigenvalue weighted by Gasteiger charge is -2.30. The van der Waals surface area contributed by atoms with Gasteiger partial charge in [-0.2, -0.15) is 0 Å². The maximum atomic E-state index is 3.81. The zero-order chi connectivity index (χ0) is 11.6. The van der Waals surface area contributed by atoms with Gasteiger partial charge in [0.15, 0.2) is 0 Å². The summed E-state index contributed by atoms with van der Waals surface area (Å²) < 4.78 is 0.0480. The van der Waals surface area contributed by atoms with Crippen molar-refractivity contribution in [3.63, 3.8) is 0 Å². The third kappa shape index (κ3) is 2.80. The average Bonchev–Trinajstić information content (AvgIpc) is 2.23. The standard InChI is InChI=1S/C14H15BrS/c1-11-8-9-13(14(2,15)10-11)16-12-6-4-3-5-7-12/h3-10,13H,1-2H3. The number of hydrogen-bond donors (Lipinski definition) is 0. The Morgan fingerprint density at radius 2 is 1.94 bits per heavy atom. The number of rotatable bonds is 2. The molecule has 1 aromatic rings. The Hall–Kier alpha value is -0.470. The topological polar surface area (TPSA) is 0 Å². The van der Waals surface area contributed by atoms with Crippen LogP contribution in [-0.2, 0) is 0 Å². The second-order valence-corrected chi connectivity index (χ2v) is 7.17. The highest BCUT2D eigenvalue weighted by Gasteiger charge is 2.30. The van der Waals surface area contributed by atoms with Crippen LogP contribution in [0, 0.1) is 0 Å². The fraction of sp³-hybridized carbons (Fsp3) is 0.286. The molecule has 0 radical (unpaired) electrons. The van der Waals surface area contributed by atoms with Crippen LogP contribution in [0.25, 0.3) is 0 Å². The minimum absolute atomic E-state index is 0.0480. The molecule has 0 aromatic heterocycles. The summed E-state index contributed by atoms with van der Waals surface area (Å²) in [6.45, 7) is 4.36. The molecule has 2 heteroatoms. The highest BCUT2D eigenvalue weighted by Crippen LogP contribution is 2.40. The predicted octanol–water partition coefficient (Wildman–Crippen LogP) is 4.82. The van der Waals surface area contributed by atoms with Crippen LogP contribution in [0.15, 0.2) is 59.0 Å². The van der Waals surface area contributed by atoms with E-state index < -0.39 is 0 Å². The van der Waals surface area contributed by atoms with Crippen LogP contribution < -0.4 is 0 Å². The van der Waals surface area contributed by atoms with Gasteiger partial charge in [-0.3, -0.25) is 0 Å². The Bertz CT molecular complexity index is 418. The monoisotopic (exact) mass is 294 g/mol. The van der Waals surface area contributed by atoms with E-state index in [2.05, 4.69) is 78.3 Å². The molecule has 0 nitrogen and oxygen atoms in total. The van der Waals surface area contributed by atoms with E-state index in [0.29, 0.717) is 5.25 Å². The molecule has 0 spiro atoms. The first kappa shape index (κ1) is 12.0. The van der Waals surface area contributed by atoms with Gasteiger partial charge in [-0.1, -0.05) is 57.9 Å². The molecule has 0 saturated heterocycles. The van der Waals surface area contributed by atoms with Gasteiger partial charge >= 0.3 is 0 Å². The van der Waals surface area contributed by atoms with Gasteiger partial charge in [0.1, 0.15) is 0 Å². The number of hydrogen-bond acceptors (Lipinski definition) is 1. The van der Waals surface area contributed by atoms with E-state index in [1.54, 1.807) is 0 Å². The molecule has 2 atom stereocenters. The Labute approximate surface area is 110 Å². The first-order valence-corrected chi connectivity index (χ1v) is 7.03. The van der Waals surface area contributed by atoms with Gasteiger partial charge in [-0.05, 0) is 26.0 Å². The van der Waals surface area contributed by atoms with Gasteiger partial charge in [0.25, 0.3) is 0 Å². The first-order chi connectivity index (χ1) is 7.58. The Morgan fingerprint density at radius 1 is 1.25 bits per heavy atom. The lowest BCUT2D eigenvalue weighted by Crippen LogP contribution is -2.28. The van der Waals surface area contributed by atoms with Crippen molar-refractivity contribution in [2.45, 2.75) is 28.3 Å². The molecule has 0 heterocycles. The van der Waals surface area contributed by atoms with Crippen LogP contribution in [0.4, 0.5) is 0 Å². The van der Waals surface area contributed by atoms with Crippen molar-refractivity contribution in [1.82, 2.24) is 0 Å². The smallest absolute Gasteiger partial charge is 0.0571 e. The second kappa shape index (κ2) is 4.80. The van der Waals surface area contributed by atoms with Crippen molar-refractivity contribution in [3.8, 4) is 0 Å². The van der Waals surface area contributed by atoms with Crippen LogP contribution in [0.5, 0.6) is 0 Å². The Morgan fingerprint density at radius 3 is 2.56 bits per heavy atom. The Balaban J connectivity index is 2.15. The van der Waals surface area contributed by atoms with E-state index in [1.807, 2.05) is 11.8 Å². The minimum Gasteiger partial charge on any atom is -0.117 e. The molecular weight excluding hydrogens is 280 g/mol. The van der Waals surface area contributed by atoms with Gasteiger partial charge < -0.3 is 0 Å². The van der Waals surface area contributed by atoms with Crippen LogP contribution in [0.2, 0.25) is 0 Å². The molecule has 0 fully saturated rings. The molecule has 0 aliphatic heterocycles. The predicted molar refractivity (Wildman–Crippen MR) is 76.3 cm³/mol. The second-order valence-electron chi connectivity index (χ2n) is 4.25. The molecule has 1 aromatic carbocycles. The van der Waals surface area contributed by atoms with E-state index in [0.717, 1.165) is 0 Å². The molecule has 16 heavy (non-hydrogen) atoms. The fourth-order valence-corrected chi connectivity index (χ4v) is 3.66. The molecule has 0 saturated carbocycles. The third-order valence-corrected chi connectivity index (χ3v) is 5.08. The van der Waals surface area contributed by atoms with Gasteiger partial charge in [0, 0.05) is 10.1 Å². The number of halogens is 1. The number of thioether (sulfide) groups is 1. The van der Waals surface area contributed by atoms with Crippen LogP contribution >= 0.6 is 27.7 Å². The van der Waals surface area contributed by atoms with E-state index in [1.165, 1.54) is 10.5 Å². The largest absolute Gasteiger partial charge is 0.117 e. The number of benzene rings is 1. The lowest BCUT2D eigenvalue weighted by atomic mass is 9.98. The van der Waals surface area contributed by atoms with E-state index in [9.17, 15) is 0 Å². The molecular formula is C14H15BrS. The van der Waals surface area contributed by atoms with E-state index in [4.69, 9.17) is 0 Å². The zero-order valence-electron chi connectivity index (χ0n) is 9.48. The van der Waals surface area contributed by atoms with Crippen LogP contribution in [-0.4, -0.2) is 9.57 Å². The summed E-state index contributed by atoms with van der Waals surface area (Å²) in [5.74, 6) is 0. The molecule has 0 bridgehead atoms.